The zero-order valence-corrected chi connectivity index (χ0v) is 10.3. The molecule has 0 amide bonds. The number of pyridine rings is 1. The van der Waals surface area contributed by atoms with Crippen molar-refractivity contribution in [1.82, 2.24) is 4.98 Å². The number of nitrogens with zero attached hydrogens (tertiary/aromatic N) is 1. The van der Waals surface area contributed by atoms with Crippen molar-refractivity contribution in [3.8, 4) is 17.3 Å². The van der Waals surface area contributed by atoms with Gasteiger partial charge in [0.1, 0.15) is 11.6 Å². The average molecular weight is 287 g/mol. The number of fused-ring (bicyclic) bond motifs is 3. The van der Waals surface area contributed by atoms with Gasteiger partial charge in [-0.2, -0.15) is 5.26 Å². The number of halogens is 1. The maximum absolute atomic E-state index is 11.6. The molecule has 0 fully saturated rings. The van der Waals surface area contributed by atoms with Crippen molar-refractivity contribution < 1.29 is 0 Å². The molecule has 0 atom stereocenters. The number of nitrogens with one attached hydrogen (secondary N) is 1. The Morgan fingerprint density at radius 1 is 1.41 bits per heavy atom. The summed E-state index contributed by atoms with van der Waals surface area (Å²) < 4.78 is 1.03. The summed E-state index contributed by atoms with van der Waals surface area (Å²) in [4.78, 5) is 14.4. The van der Waals surface area contributed by atoms with Gasteiger partial charge in [0.2, 0.25) is 0 Å². The van der Waals surface area contributed by atoms with E-state index < -0.39 is 0 Å². The zero-order valence-electron chi connectivity index (χ0n) is 8.75. The number of aromatic nitrogens is 1. The van der Waals surface area contributed by atoms with Gasteiger partial charge in [0.15, 0.2) is 0 Å². The lowest BCUT2D eigenvalue weighted by molar-refractivity contribution is 1.17. The summed E-state index contributed by atoms with van der Waals surface area (Å²) in [6, 6.07) is 9.49. The summed E-state index contributed by atoms with van der Waals surface area (Å²) in [6.07, 6.45) is 0.748. The van der Waals surface area contributed by atoms with Gasteiger partial charge in [0.25, 0.3) is 5.56 Å². The van der Waals surface area contributed by atoms with Crippen molar-refractivity contribution >= 4 is 15.9 Å². The van der Waals surface area contributed by atoms with Crippen LogP contribution in [0.5, 0.6) is 0 Å². The second-order valence-corrected chi connectivity index (χ2v) is 4.82. The van der Waals surface area contributed by atoms with Crippen LogP contribution in [0.25, 0.3) is 11.3 Å². The van der Waals surface area contributed by atoms with E-state index in [9.17, 15) is 4.79 Å². The van der Waals surface area contributed by atoms with E-state index in [1.165, 1.54) is 0 Å². The predicted octanol–water partition coefficient (Wildman–Crippen LogP) is 2.58. The fraction of sp³-hybridized carbons (Fsp3) is 0.0769. The van der Waals surface area contributed by atoms with Crippen LogP contribution in [0.15, 0.2) is 33.5 Å². The second-order valence-electron chi connectivity index (χ2n) is 3.97. The molecule has 0 aliphatic heterocycles. The topological polar surface area (TPSA) is 56.6 Å². The summed E-state index contributed by atoms with van der Waals surface area (Å²) in [7, 11) is 0. The highest BCUT2D eigenvalue weighted by molar-refractivity contribution is 9.10. The first-order valence-electron chi connectivity index (χ1n) is 5.15. The maximum atomic E-state index is 11.6. The van der Waals surface area contributed by atoms with Crippen molar-refractivity contribution in [3.63, 3.8) is 0 Å². The third kappa shape index (κ3) is 1.43. The van der Waals surface area contributed by atoms with Gasteiger partial charge in [-0.15, -0.1) is 0 Å². The number of hydrogen-bond acceptors (Lipinski definition) is 2. The Morgan fingerprint density at radius 3 is 3.00 bits per heavy atom. The molecule has 82 valence electrons. The smallest absolute Gasteiger partial charge is 0.266 e. The minimum absolute atomic E-state index is 0.174. The Kier molecular flexibility index (Phi) is 2.17. The molecule has 3 nitrogen and oxygen atoms in total. The molecule has 0 saturated heterocycles. The highest BCUT2D eigenvalue weighted by Crippen LogP contribution is 2.38. The molecule has 17 heavy (non-hydrogen) atoms. The van der Waals surface area contributed by atoms with Crippen LogP contribution >= 0.6 is 15.9 Å². The fourth-order valence-electron chi connectivity index (χ4n) is 2.20. The second kappa shape index (κ2) is 3.57. The van der Waals surface area contributed by atoms with Gasteiger partial charge >= 0.3 is 0 Å². The summed E-state index contributed by atoms with van der Waals surface area (Å²) >= 11 is 3.50. The lowest BCUT2D eigenvalue weighted by Crippen LogP contribution is -2.11. The number of H-pyrrole nitrogens is 1. The van der Waals surface area contributed by atoms with Crippen LogP contribution in [0.1, 0.15) is 16.7 Å². The molecule has 0 radical (unpaired) electrons. The predicted molar refractivity (Wildman–Crippen MR) is 67.7 cm³/mol. The Hall–Kier alpha value is -1.86. The summed E-state index contributed by atoms with van der Waals surface area (Å²) in [6.45, 7) is 0. The summed E-state index contributed by atoms with van der Waals surface area (Å²) in [5.74, 6) is 0. The molecule has 1 aromatic carbocycles. The van der Waals surface area contributed by atoms with Gasteiger partial charge in [-0.1, -0.05) is 28.1 Å². The van der Waals surface area contributed by atoms with Crippen LogP contribution in [0.4, 0.5) is 0 Å². The van der Waals surface area contributed by atoms with E-state index in [4.69, 9.17) is 5.26 Å². The molecule has 2 aromatic rings. The molecule has 0 saturated carbocycles. The molecule has 3 rings (SSSR count). The molecule has 1 heterocycles. The van der Waals surface area contributed by atoms with Gasteiger partial charge < -0.3 is 4.98 Å². The number of rotatable bonds is 0. The highest BCUT2D eigenvalue weighted by atomic mass is 79.9. The third-order valence-electron chi connectivity index (χ3n) is 3.00. The fourth-order valence-corrected chi connectivity index (χ4v) is 2.71. The minimum Gasteiger partial charge on any atom is -0.321 e. The Balaban J connectivity index is 2.32. The maximum Gasteiger partial charge on any atom is 0.266 e. The van der Waals surface area contributed by atoms with Gasteiger partial charge in [0, 0.05) is 16.5 Å². The van der Waals surface area contributed by atoms with Crippen molar-refractivity contribution in [3.05, 3.63) is 55.8 Å². The largest absolute Gasteiger partial charge is 0.321 e. The van der Waals surface area contributed by atoms with Gasteiger partial charge in [-0.25, -0.2) is 0 Å². The van der Waals surface area contributed by atoms with Crippen LogP contribution in [0.2, 0.25) is 0 Å². The Bertz CT molecular complexity index is 725. The van der Waals surface area contributed by atoms with Crippen molar-refractivity contribution in [2.45, 2.75) is 6.42 Å². The zero-order chi connectivity index (χ0) is 12.0. The van der Waals surface area contributed by atoms with Crippen molar-refractivity contribution in [2.24, 2.45) is 0 Å². The molecule has 1 aliphatic carbocycles. The first kappa shape index (κ1) is 10.3. The average Bonchev–Trinajstić information content (AvgIpc) is 2.68. The van der Waals surface area contributed by atoms with Crippen LogP contribution in [0.3, 0.4) is 0 Å². The first-order valence-corrected chi connectivity index (χ1v) is 5.94. The SMILES string of the molecule is N#Cc1cc2c([nH]c1=O)-c1cccc(Br)c1C2. The minimum atomic E-state index is -0.320. The monoisotopic (exact) mass is 286 g/mol. The van der Waals surface area contributed by atoms with E-state index in [1.807, 2.05) is 24.3 Å². The van der Waals surface area contributed by atoms with Crippen molar-refractivity contribution in [1.29, 1.82) is 5.26 Å². The molecular formula is C13H7BrN2O. The van der Waals surface area contributed by atoms with Crippen molar-refractivity contribution in [2.75, 3.05) is 0 Å². The number of aromatic amines is 1. The highest BCUT2D eigenvalue weighted by Gasteiger charge is 2.22. The van der Waals surface area contributed by atoms with Crippen LogP contribution < -0.4 is 5.56 Å². The molecule has 4 heteroatoms. The Morgan fingerprint density at radius 2 is 2.24 bits per heavy atom. The van der Waals surface area contributed by atoms with E-state index in [0.717, 1.165) is 33.3 Å². The number of nitriles is 1. The summed E-state index contributed by atoms with van der Waals surface area (Å²) in [5.41, 5.74) is 3.89. The molecular weight excluding hydrogens is 280 g/mol. The van der Waals surface area contributed by atoms with E-state index in [1.54, 1.807) is 6.07 Å². The summed E-state index contributed by atoms with van der Waals surface area (Å²) in [5, 5.41) is 8.84. The lowest BCUT2D eigenvalue weighted by atomic mass is 10.1. The van der Waals surface area contributed by atoms with Gasteiger partial charge in [-0.05, 0) is 23.3 Å². The third-order valence-corrected chi connectivity index (χ3v) is 3.74. The number of benzene rings is 1. The molecule has 1 N–H and O–H groups in total. The van der Waals surface area contributed by atoms with Gasteiger partial charge in [-0.3, -0.25) is 4.79 Å². The molecule has 1 aromatic heterocycles. The molecule has 1 aliphatic rings. The normalized spacial score (nSPS) is 11.8. The van der Waals surface area contributed by atoms with E-state index in [-0.39, 0.29) is 11.1 Å². The lowest BCUT2D eigenvalue weighted by Gasteiger charge is -2.01. The Labute approximate surface area is 106 Å². The number of hydrogen-bond donors (Lipinski definition) is 1. The van der Waals surface area contributed by atoms with E-state index in [2.05, 4.69) is 20.9 Å². The molecule has 0 unspecified atom stereocenters. The van der Waals surface area contributed by atoms with E-state index >= 15 is 0 Å². The molecule has 0 bridgehead atoms. The van der Waals surface area contributed by atoms with E-state index in [0.29, 0.717) is 0 Å². The quantitative estimate of drug-likeness (QED) is 0.691. The van der Waals surface area contributed by atoms with Gasteiger partial charge in [0.05, 0.1) is 5.69 Å². The van der Waals surface area contributed by atoms with Crippen LogP contribution in [-0.2, 0) is 6.42 Å². The molecule has 0 spiro atoms. The van der Waals surface area contributed by atoms with Crippen LogP contribution in [-0.4, -0.2) is 4.98 Å². The first-order chi connectivity index (χ1) is 8.20. The van der Waals surface area contributed by atoms with Crippen LogP contribution in [0, 0.1) is 11.3 Å². The standard InChI is InChI=1S/C13H7BrN2O/c14-11-3-1-2-9-10(11)5-7-4-8(6-15)13(17)16-12(7)9/h1-4H,5H2,(H,16,17).